The molecule has 1 unspecified atom stereocenters. The number of carboxylic acids is 1. The average Bonchev–Trinajstić information content (AvgIpc) is 2.17. The molecule has 82 valence electrons. The summed E-state index contributed by atoms with van der Waals surface area (Å²) < 4.78 is 5.36. The number of rotatable bonds is 4. The molecule has 5 nitrogen and oxygen atoms in total. The van der Waals surface area contributed by atoms with Crippen LogP contribution in [-0.2, 0) is 4.79 Å². The van der Waals surface area contributed by atoms with Gasteiger partial charge in [-0.1, -0.05) is 0 Å². The Morgan fingerprint density at radius 2 is 2.20 bits per heavy atom. The Bertz CT molecular complexity index is 335. The number of pyridine rings is 1. The van der Waals surface area contributed by atoms with E-state index in [0.29, 0.717) is 11.4 Å². The Labute approximate surface area is 87.9 Å². The van der Waals surface area contributed by atoms with Crippen LogP contribution in [0, 0.1) is 0 Å². The zero-order valence-corrected chi connectivity index (χ0v) is 8.68. The Hall–Kier alpha value is -1.62. The van der Waals surface area contributed by atoms with Crippen molar-refractivity contribution in [3.63, 3.8) is 0 Å². The Kier molecular flexibility index (Phi) is 3.62. The van der Waals surface area contributed by atoms with Crippen LogP contribution in [0.2, 0.25) is 0 Å². The number of nitrogens with two attached hydrogens (primary N) is 1. The SMILES string of the molecule is CC(C)Oc1ccc(C(N)C(=O)O)nc1. The molecule has 0 spiro atoms. The molecule has 1 heterocycles. The van der Waals surface area contributed by atoms with Crippen LogP contribution in [0.25, 0.3) is 0 Å². The van der Waals surface area contributed by atoms with Gasteiger partial charge in [0.2, 0.25) is 0 Å². The molecule has 0 saturated carbocycles. The van der Waals surface area contributed by atoms with Gasteiger partial charge in [0.1, 0.15) is 11.8 Å². The minimum absolute atomic E-state index is 0.0609. The molecule has 0 aromatic carbocycles. The van der Waals surface area contributed by atoms with Crippen LogP contribution < -0.4 is 10.5 Å². The van der Waals surface area contributed by atoms with Gasteiger partial charge in [0.15, 0.2) is 0 Å². The van der Waals surface area contributed by atoms with E-state index in [-0.39, 0.29) is 6.10 Å². The molecule has 3 N–H and O–H groups in total. The van der Waals surface area contributed by atoms with Crippen molar-refractivity contribution in [1.29, 1.82) is 0 Å². The smallest absolute Gasteiger partial charge is 0.326 e. The highest BCUT2D eigenvalue weighted by Gasteiger charge is 2.15. The number of carboxylic acid groups (broad SMARTS) is 1. The van der Waals surface area contributed by atoms with E-state index in [9.17, 15) is 4.79 Å². The standard InChI is InChI=1S/C10H14N2O3/c1-6(2)15-7-3-4-8(12-5-7)9(11)10(13)14/h3-6,9H,11H2,1-2H3,(H,13,14). The molecular formula is C10H14N2O3. The van der Waals surface area contributed by atoms with Crippen molar-refractivity contribution in [3.8, 4) is 5.75 Å². The van der Waals surface area contributed by atoms with Gasteiger partial charge in [-0.15, -0.1) is 0 Å². The summed E-state index contributed by atoms with van der Waals surface area (Å²) >= 11 is 0. The van der Waals surface area contributed by atoms with Crippen LogP contribution in [0.3, 0.4) is 0 Å². The van der Waals surface area contributed by atoms with Gasteiger partial charge in [-0.3, -0.25) is 9.78 Å². The van der Waals surface area contributed by atoms with Gasteiger partial charge < -0.3 is 15.6 Å². The number of nitrogens with zero attached hydrogens (tertiary/aromatic N) is 1. The molecule has 5 heteroatoms. The number of aromatic nitrogens is 1. The minimum atomic E-state index is -1.10. The Morgan fingerprint density at radius 1 is 1.53 bits per heavy atom. The van der Waals surface area contributed by atoms with Gasteiger partial charge in [0.05, 0.1) is 18.0 Å². The number of hydrogen-bond donors (Lipinski definition) is 2. The molecule has 0 fully saturated rings. The first-order chi connectivity index (χ1) is 7.00. The molecule has 0 amide bonds. The zero-order valence-electron chi connectivity index (χ0n) is 8.68. The van der Waals surface area contributed by atoms with E-state index in [4.69, 9.17) is 15.6 Å². The second-order valence-electron chi connectivity index (χ2n) is 3.40. The van der Waals surface area contributed by atoms with Gasteiger partial charge in [-0.25, -0.2) is 0 Å². The molecule has 0 aliphatic carbocycles. The molecule has 1 aromatic heterocycles. The number of ether oxygens (including phenoxy) is 1. The summed E-state index contributed by atoms with van der Waals surface area (Å²) in [5.41, 5.74) is 5.70. The lowest BCUT2D eigenvalue weighted by molar-refractivity contribution is -0.138. The topological polar surface area (TPSA) is 85.4 Å². The number of aliphatic carboxylic acids is 1. The average molecular weight is 210 g/mol. The van der Waals surface area contributed by atoms with Gasteiger partial charge in [0, 0.05) is 0 Å². The second-order valence-corrected chi connectivity index (χ2v) is 3.40. The maximum atomic E-state index is 10.6. The molecule has 0 saturated heterocycles. The summed E-state index contributed by atoms with van der Waals surface area (Å²) in [6.45, 7) is 3.80. The first-order valence-electron chi connectivity index (χ1n) is 4.61. The van der Waals surface area contributed by atoms with Gasteiger partial charge >= 0.3 is 5.97 Å². The van der Waals surface area contributed by atoms with Crippen molar-refractivity contribution in [2.75, 3.05) is 0 Å². The summed E-state index contributed by atoms with van der Waals surface area (Å²) in [4.78, 5) is 14.5. The van der Waals surface area contributed by atoms with E-state index in [1.807, 2.05) is 13.8 Å². The largest absolute Gasteiger partial charge is 0.489 e. The quantitative estimate of drug-likeness (QED) is 0.772. The molecule has 1 aromatic rings. The molecular weight excluding hydrogens is 196 g/mol. The van der Waals surface area contributed by atoms with E-state index in [2.05, 4.69) is 4.98 Å². The van der Waals surface area contributed by atoms with Crippen LogP contribution in [-0.4, -0.2) is 22.2 Å². The van der Waals surface area contributed by atoms with Crippen molar-refractivity contribution >= 4 is 5.97 Å². The minimum Gasteiger partial charge on any atom is -0.489 e. The highest BCUT2D eigenvalue weighted by atomic mass is 16.5. The molecule has 0 aliphatic heterocycles. The fraction of sp³-hybridized carbons (Fsp3) is 0.400. The van der Waals surface area contributed by atoms with E-state index in [1.54, 1.807) is 12.1 Å². The van der Waals surface area contributed by atoms with Crippen LogP contribution in [0.5, 0.6) is 5.75 Å². The fourth-order valence-electron chi connectivity index (χ4n) is 1.04. The Morgan fingerprint density at radius 3 is 2.60 bits per heavy atom. The number of hydrogen-bond acceptors (Lipinski definition) is 4. The van der Waals surface area contributed by atoms with E-state index in [0.717, 1.165) is 0 Å². The van der Waals surface area contributed by atoms with E-state index < -0.39 is 12.0 Å². The number of carbonyl (C=O) groups is 1. The van der Waals surface area contributed by atoms with Crippen LogP contribution in [0.15, 0.2) is 18.3 Å². The normalized spacial score (nSPS) is 12.5. The molecule has 15 heavy (non-hydrogen) atoms. The molecule has 1 rings (SSSR count). The van der Waals surface area contributed by atoms with E-state index in [1.165, 1.54) is 6.20 Å². The summed E-state index contributed by atoms with van der Waals surface area (Å²) in [5, 5.41) is 8.65. The maximum Gasteiger partial charge on any atom is 0.326 e. The third-order valence-corrected chi connectivity index (χ3v) is 1.72. The lowest BCUT2D eigenvalue weighted by Gasteiger charge is -2.10. The Balaban J connectivity index is 2.76. The fourth-order valence-corrected chi connectivity index (χ4v) is 1.04. The van der Waals surface area contributed by atoms with Crippen LogP contribution in [0.1, 0.15) is 25.6 Å². The lowest BCUT2D eigenvalue weighted by atomic mass is 10.2. The third-order valence-electron chi connectivity index (χ3n) is 1.72. The maximum absolute atomic E-state index is 10.6. The zero-order chi connectivity index (χ0) is 11.4. The summed E-state index contributed by atoms with van der Waals surface area (Å²) in [5.74, 6) is -0.494. The highest BCUT2D eigenvalue weighted by Crippen LogP contribution is 2.14. The first-order valence-corrected chi connectivity index (χ1v) is 4.61. The third kappa shape index (κ3) is 3.21. The summed E-state index contributed by atoms with van der Waals surface area (Å²) in [7, 11) is 0. The van der Waals surface area contributed by atoms with Crippen molar-refractivity contribution in [2.45, 2.75) is 26.0 Å². The molecule has 0 bridgehead atoms. The molecule has 0 radical (unpaired) electrons. The predicted molar refractivity (Wildman–Crippen MR) is 54.6 cm³/mol. The van der Waals surface area contributed by atoms with Crippen molar-refractivity contribution in [1.82, 2.24) is 4.98 Å². The monoisotopic (exact) mass is 210 g/mol. The van der Waals surface area contributed by atoms with Crippen molar-refractivity contribution in [3.05, 3.63) is 24.0 Å². The van der Waals surface area contributed by atoms with Crippen molar-refractivity contribution in [2.24, 2.45) is 5.73 Å². The molecule has 0 aliphatic rings. The van der Waals surface area contributed by atoms with Gasteiger partial charge in [-0.2, -0.15) is 0 Å². The lowest BCUT2D eigenvalue weighted by Crippen LogP contribution is -2.21. The first kappa shape index (κ1) is 11.5. The second kappa shape index (κ2) is 4.75. The van der Waals surface area contributed by atoms with Crippen LogP contribution in [0.4, 0.5) is 0 Å². The molecule has 1 atom stereocenters. The highest BCUT2D eigenvalue weighted by molar-refractivity contribution is 5.74. The van der Waals surface area contributed by atoms with Crippen LogP contribution >= 0.6 is 0 Å². The van der Waals surface area contributed by atoms with Crippen molar-refractivity contribution < 1.29 is 14.6 Å². The summed E-state index contributed by atoms with van der Waals surface area (Å²) in [6, 6.07) is 2.12. The van der Waals surface area contributed by atoms with E-state index >= 15 is 0 Å². The predicted octanol–water partition coefficient (Wildman–Crippen LogP) is 0.953. The van der Waals surface area contributed by atoms with Gasteiger partial charge in [0.25, 0.3) is 0 Å². The summed E-state index contributed by atoms with van der Waals surface area (Å²) in [6.07, 6.45) is 1.53. The van der Waals surface area contributed by atoms with Gasteiger partial charge in [-0.05, 0) is 26.0 Å².